The van der Waals surface area contributed by atoms with Gasteiger partial charge in [0, 0.05) is 24.7 Å². The van der Waals surface area contributed by atoms with Crippen molar-refractivity contribution in [2.75, 3.05) is 20.2 Å². The normalized spacial score (nSPS) is 10.4. The summed E-state index contributed by atoms with van der Waals surface area (Å²) < 4.78 is 5.56. The molecule has 0 bridgehead atoms. The van der Waals surface area contributed by atoms with Crippen LogP contribution in [0.1, 0.15) is 12.0 Å². The van der Waals surface area contributed by atoms with Crippen molar-refractivity contribution in [1.29, 1.82) is 0 Å². The Balaban J connectivity index is 1.68. The highest BCUT2D eigenvalue weighted by atomic mass is 35.5. The minimum atomic E-state index is 0.0888. The Kier molecular flexibility index (Phi) is 5.63. The van der Waals surface area contributed by atoms with Crippen LogP contribution in [0, 0.1) is 0 Å². The van der Waals surface area contributed by atoms with Gasteiger partial charge in [-0.15, -0.1) is 0 Å². The van der Waals surface area contributed by atoms with E-state index >= 15 is 0 Å². The Morgan fingerprint density at radius 1 is 1.48 bits per heavy atom. The zero-order valence-corrected chi connectivity index (χ0v) is 12.6. The number of aromatic amines is 1. The zero-order chi connectivity index (χ0) is 15.1. The second-order valence-corrected chi connectivity index (χ2v) is 5.16. The van der Waals surface area contributed by atoms with Crippen LogP contribution in [0.25, 0.3) is 0 Å². The number of hydrogen-bond donors (Lipinski definition) is 1. The average Bonchev–Trinajstić information content (AvgIpc) is 2.98. The van der Waals surface area contributed by atoms with Gasteiger partial charge in [-0.05, 0) is 30.2 Å². The number of ether oxygens (including phenoxy) is 1. The summed E-state index contributed by atoms with van der Waals surface area (Å²) in [6.07, 6.45) is 4.69. The average molecular weight is 308 g/mol. The fourth-order valence-electron chi connectivity index (χ4n) is 1.84. The molecule has 2 aromatic rings. The number of likely N-dealkylation sites (N-methyl/N-ethyl adjacent to an activating group) is 1. The largest absolute Gasteiger partial charge is 0.492 e. The van der Waals surface area contributed by atoms with Gasteiger partial charge in [-0.1, -0.05) is 17.7 Å². The van der Waals surface area contributed by atoms with E-state index in [0.717, 1.165) is 5.56 Å². The smallest absolute Gasteiger partial charge is 0.222 e. The maximum atomic E-state index is 12.0. The summed E-state index contributed by atoms with van der Waals surface area (Å²) in [7, 11) is 1.78. The molecule has 1 aromatic heterocycles. The number of nitrogens with one attached hydrogen (secondary N) is 1. The minimum Gasteiger partial charge on any atom is -0.492 e. The van der Waals surface area contributed by atoms with Crippen LogP contribution in [0.3, 0.4) is 0 Å². The molecule has 0 aliphatic carbocycles. The molecule has 0 spiro atoms. The summed E-state index contributed by atoms with van der Waals surface area (Å²) in [4.78, 5) is 13.6. The third-order valence-corrected chi connectivity index (χ3v) is 3.33. The lowest BCUT2D eigenvalue weighted by atomic mass is 10.2. The molecule has 1 N–H and O–H groups in total. The molecule has 0 aliphatic heterocycles. The minimum absolute atomic E-state index is 0.0888. The zero-order valence-electron chi connectivity index (χ0n) is 11.9. The first-order chi connectivity index (χ1) is 10.1. The molecule has 1 amide bonds. The number of carbonyl (C=O) groups is 1. The quantitative estimate of drug-likeness (QED) is 0.855. The Hall–Kier alpha value is -2.01. The summed E-state index contributed by atoms with van der Waals surface area (Å²) in [5, 5.41) is 7.22. The highest BCUT2D eigenvalue weighted by Crippen LogP contribution is 2.16. The second-order valence-electron chi connectivity index (χ2n) is 4.73. The van der Waals surface area contributed by atoms with Crippen LogP contribution in [0.15, 0.2) is 36.7 Å². The van der Waals surface area contributed by atoms with Crippen molar-refractivity contribution in [3.05, 3.63) is 47.2 Å². The van der Waals surface area contributed by atoms with Gasteiger partial charge in [0.2, 0.25) is 5.91 Å². The number of aryl methyl sites for hydroxylation is 1. The van der Waals surface area contributed by atoms with E-state index in [1.807, 2.05) is 12.1 Å². The van der Waals surface area contributed by atoms with Crippen molar-refractivity contribution in [1.82, 2.24) is 15.1 Å². The standard InChI is InChI=1S/C15H18ClN3O2/c1-19(15(20)6-5-12-10-17-18-11-12)7-8-21-14-4-2-3-13(16)9-14/h2-4,9-11H,5-8H2,1H3,(H,17,18). The predicted octanol–water partition coefficient (Wildman–Crippen LogP) is 2.53. The molecule has 2 rings (SSSR count). The van der Waals surface area contributed by atoms with Crippen molar-refractivity contribution in [3.63, 3.8) is 0 Å². The van der Waals surface area contributed by atoms with Crippen LogP contribution in [-0.4, -0.2) is 41.2 Å². The Morgan fingerprint density at radius 3 is 3.05 bits per heavy atom. The Bertz CT molecular complexity index is 572. The lowest BCUT2D eigenvalue weighted by molar-refractivity contribution is -0.130. The second kappa shape index (κ2) is 7.69. The molecule has 0 radical (unpaired) electrons. The van der Waals surface area contributed by atoms with Crippen LogP contribution >= 0.6 is 11.6 Å². The van der Waals surface area contributed by atoms with E-state index in [1.54, 1.807) is 36.5 Å². The monoisotopic (exact) mass is 307 g/mol. The number of amides is 1. The van der Waals surface area contributed by atoms with Gasteiger partial charge in [-0.2, -0.15) is 5.10 Å². The lowest BCUT2D eigenvalue weighted by Gasteiger charge is -2.17. The maximum Gasteiger partial charge on any atom is 0.222 e. The first-order valence-corrected chi connectivity index (χ1v) is 7.13. The highest BCUT2D eigenvalue weighted by Gasteiger charge is 2.09. The number of H-pyrrole nitrogens is 1. The van der Waals surface area contributed by atoms with Crippen LogP contribution in [0.5, 0.6) is 5.75 Å². The van der Waals surface area contributed by atoms with Gasteiger partial charge < -0.3 is 9.64 Å². The van der Waals surface area contributed by atoms with Crippen molar-refractivity contribution in [2.45, 2.75) is 12.8 Å². The van der Waals surface area contributed by atoms with Crippen LogP contribution in [0.4, 0.5) is 0 Å². The van der Waals surface area contributed by atoms with Gasteiger partial charge in [0.15, 0.2) is 0 Å². The molecule has 0 saturated carbocycles. The van der Waals surface area contributed by atoms with Gasteiger partial charge in [-0.25, -0.2) is 0 Å². The van der Waals surface area contributed by atoms with E-state index in [1.165, 1.54) is 0 Å². The molecule has 0 unspecified atom stereocenters. The molecule has 6 heteroatoms. The van der Waals surface area contributed by atoms with Crippen molar-refractivity contribution in [2.24, 2.45) is 0 Å². The molecule has 0 atom stereocenters. The van der Waals surface area contributed by atoms with Gasteiger partial charge in [0.05, 0.1) is 12.7 Å². The number of carbonyl (C=O) groups excluding carboxylic acids is 1. The first-order valence-electron chi connectivity index (χ1n) is 6.75. The molecule has 5 nitrogen and oxygen atoms in total. The van der Waals surface area contributed by atoms with Crippen molar-refractivity contribution < 1.29 is 9.53 Å². The number of halogens is 1. The van der Waals surface area contributed by atoms with Gasteiger partial charge >= 0.3 is 0 Å². The molecule has 112 valence electrons. The molecular weight excluding hydrogens is 290 g/mol. The van der Waals surface area contributed by atoms with Gasteiger partial charge in [-0.3, -0.25) is 9.89 Å². The third-order valence-electron chi connectivity index (χ3n) is 3.10. The van der Waals surface area contributed by atoms with E-state index < -0.39 is 0 Å². The first kappa shape index (κ1) is 15.4. The summed E-state index contributed by atoms with van der Waals surface area (Å²) in [6.45, 7) is 0.977. The van der Waals surface area contributed by atoms with Crippen LogP contribution in [0.2, 0.25) is 5.02 Å². The molecular formula is C15H18ClN3O2. The number of rotatable bonds is 7. The molecule has 1 heterocycles. The summed E-state index contributed by atoms with van der Waals surface area (Å²) in [6, 6.07) is 7.21. The number of nitrogens with zero attached hydrogens (tertiary/aromatic N) is 2. The number of aromatic nitrogens is 2. The highest BCUT2D eigenvalue weighted by molar-refractivity contribution is 6.30. The van der Waals surface area contributed by atoms with E-state index in [4.69, 9.17) is 16.3 Å². The summed E-state index contributed by atoms with van der Waals surface area (Å²) in [5.41, 5.74) is 1.03. The molecule has 0 saturated heterocycles. The Morgan fingerprint density at radius 2 is 2.33 bits per heavy atom. The maximum absolute atomic E-state index is 12.0. The van der Waals surface area contributed by atoms with Crippen molar-refractivity contribution >= 4 is 17.5 Å². The molecule has 0 fully saturated rings. The van der Waals surface area contributed by atoms with Gasteiger partial charge in [0.1, 0.15) is 12.4 Å². The molecule has 0 aliphatic rings. The van der Waals surface area contributed by atoms with E-state index in [0.29, 0.717) is 36.8 Å². The fourth-order valence-corrected chi connectivity index (χ4v) is 2.02. The van der Waals surface area contributed by atoms with Crippen molar-refractivity contribution in [3.8, 4) is 5.75 Å². The fraction of sp³-hybridized carbons (Fsp3) is 0.333. The van der Waals surface area contributed by atoms with Gasteiger partial charge in [0.25, 0.3) is 0 Å². The van der Waals surface area contributed by atoms with Crippen LogP contribution in [-0.2, 0) is 11.2 Å². The van der Waals surface area contributed by atoms with E-state index in [9.17, 15) is 4.79 Å². The Labute approximate surface area is 128 Å². The lowest BCUT2D eigenvalue weighted by Crippen LogP contribution is -2.31. The SMILES string of the molecule is CN(CCOc1cccc(Cl)c1)C(=O)CCc1cn[nH]c1. The summed E-state index contributed by atoms with van der Waals surface area (Å²) in [5.74, 6) is 0.799. The van der Waals surface area contributed by atoms with Crippen LogP contribution < -0.4 is 4.74 Å². The number of hydrogen-bond acceptors (Lipinski definition) is 3. The van der Waals surface area contributed by atoms with E-state index in [-0.39, 0.29) is 5.91 Å². The summed E-state index contributed by atoms with van der Waals surface area (Å²) >= 11 is 5.87. The van der Waals surface area contributed by atoms with E-state index in [2.05, 4.69) is 10.2 Å². The molecule has 21 heavy (non-hydrogen) atoms. The molecule has 1 aromatic carbocycles. The topological polar surface area (TPSA) is 58.2 Å². The third kappa shape index (κ3) is 5.11. The number of benzene rings is 1. The predicted molar refractivity (Wildman–Crippen MR) is 81.5 cm³/mol.